The minimum atomic E-state index is -0.623. The second kappa shape index (κ2) is 8.63. The summed E-state index contributed by atoms with van der Waals surface area (Å²) in [6.07, 6.45) is -1.01. The first-order valence-electron chi connectivity index (χ1n) is 9.79. The van der Waals surface area contributed by atoms with Crippen LogP contribution in [-0.4, -0.2) is 18.7 Å². The fraction of sp³-hybridized carbons (Fsp3) is 0.208. The first-order valence-corrected chi connectivity index (χ1v) is 11.0. The minimum Gasteiger partial charge on any atom is -0.488 e. The Labute approximate surface area is 193 Å². The number of benzene rings is 3. The van der Waals surface area contributed by atoms with E-state index in [-0.39, 0.29) is 12.6 Å². The summed E-state index contributed by atoms with van der Waals surface area (Å²) >= 11 is 9.70. The van der Waals surface area contributed by atoms with Gasteiger partial charge in [0, 0.05) is 20.6 Å². The number of fused-ring (bicyclic) bond motifs is 1. The highest BCUT2D eigenvalue weighted by atomic mass is 79.9. The average molecular weight is 502 g/mol. The predicted molar refractivity (Wildman–Crippen MR) is 119 cm³/mol. The smallest absolute Gasteiger partial charge is 0.198 e. The Bertz CT molecular complexity index is 1130. The van der Waals surface area contributed by atoms with Gasteiger partial charge in [0.1, 0.15) is 24.2 Å². The lowest BCUT2D eigenvalue weighted by Gasteiger charge is -2.20. The van der Waals surface area contributed by atoms with E-state index in [0.29, 0.717) is 29.5 Å². The standard InChI is InChI=1S/C24H18BrClO5/c25-16-8-15-12-28-13-30-22(15)19(9-16)23-24(31-23)21(27)18-10-17(26)6-7-20(18)29-11-14-4-2-1-3-5-14/h1-10,23-24H,11-13H2/t23-,24+/m0/s1. The molecule has 2 atom stereocenters. The molecule has 2 aliphatic rings. The molecule has 0 bridgehead atoms. The molecule has 2 heterocycles. The number of Topliss-reactive ketones (excluding diaryl/α,β-unsaturated/α-hetero) is 1. The summed E-state index contributed by atoms with van der Waals surface area (Å²) in [5, 5.41) is 0.466. The summed E-state index contributed by atoms with van der Waals surface area (Å²) in [5.74, 6) is 1.03. The van der Waals surface area contributed by atoms with Crippen molar-refractivity contribution in [2.24, 2.45) is 0 Å². The fourth-order valence-corrected chi connectivity index (χ4v) is 4.37. The molecule has 1 saturated heterocycles. The van der Waals surface area contributed by atoms with Crippen LogP contribution in [0.1, 0.15) is 33.2 Å². The summed E-state index contributed by atoms with van der Waals surface area (Å²) < 4.78 is 23.7. The molecule has 158 valence electrons. The van der Waals surface area contributed by atoms with Crippen molar-refractivity contribution in [2.75, 3.05) is 6.79 Å². The first kappa shape index (κ1) is 20.5. The van der Waals surface area contributed by atoms with Crippen molar-refractivity contribution in [1.82, 2.24) is 0 Å². The van der Waals surface area contributed by atoms with E-state index in [4.69, 9.17) is 30.5 Å². The SMILES string of the molecule is O=C(c1cc(Cl)ccc1OCc1ccccc1)[C@H]1O[C@H]1c1cc(Br)cc2c1OCOC2. The summed E-state index contributed by atoms with van der Waals surface area (Å²) in [7, 11) is 0. The molecule has 2 aliphatic heterocycles. The van der Waals surface area contributed by atoms with E-state index in [2.05, 4.69) is 15.9 Å². The number of epoxide rings is 1. The van der Waals surface area contributed by atoms with Crippen LogP contribution in [-0.2, 0) is 22.7 Å². The molecule has 0 saturated carbocycles. The second-order valence-electron chi connectivity index (χ2n) is 7.35. The molecule has 0 amide bonds. The maximum Gasteiger partial charge on any atom is 0.198 e. The Balaban J connectivity index is 1.38. The molecule has 7 heteroatoms. The lowest BCUT2D eigenvalue weighted by Crippen LogP contribution is -2.14. The van der Waals surface area contributed by atoms with Crippen molar-refractivity contribution < 1.29 is 23.7 Å². The number of rotatable bonds is 6. The molecule has 5 rings (SSSR count). The number of halogens is 2. The van der Waals surface area contributed by atoms with Crippen LogP contribution in [0.4, 0.5) is 0 Å². The zero-order valence-corrected chi connectivity index (χ0v) is 18.7. The highest BCUT2D eigenvalue weighted by Gasteiger charge is 2.49. The quantitative estimate of drug-likeness (QED) is 0.312. The Morgan fingerprint density at radius 3 is 2.81 bits per heavy atom. The highest BCUT2D eigenvalue weighted by molar-refractivity contribution is 9.10. The van der Waals surface area contributed by atoms with Crippen LogP contribution < -0.4 is 9.47 Å². The number of hydrogen-bond acceptors (Lipinski definition) is 5. The number of hydrogen-bond donors (Lipinski definition) is 0. The van der Waals surface area contributed by atoms with Crippen LogP contribution in [0.2, 0.25) is 5.02 Å². The minimum absolute atomic E-state index is 0.170. The molecule has 5 nitrogen and oxygen atoms in total. The maximum absolute atomic E-state index is 13.3. The number of carbonyl (C=O) groups excluding carboxylic acids is 1. The van der Waals surface area contributed by atoms with E-state index >= 15 is 0 Å². The Morgan fingerprint density at radius 1 is 1.13 bits per heavy atom. The molecule has 0 radical (unpaired) electrons. The highest BCUT2D eigenvalue weighted by Crippen LogP contribution is 2.48. The van der Waals surface area contributed by atoms with Crippen molar-refractivity contribution in [3.63, 3.8) is 0 Å². The van der Waals surface area contributed by atoms with Gasteiger partial charge in [-0.15, -0.1) is 0 Å². The van der Waals surface area contributed by atoms with Crippen LogP contribution in [0.15, 0.2) is 65.1 Å². The Hall–Kier alpha value is -2.38. The molecule has 0 aromatic heterocycles. The molecule has 0 spiro atoms. The lowest BCUT2D eigenvalue weighted by atomic mass is 9.99. The van der Waals surface area contributed by atoms with E-state index in [0.717, 1.165) is 26.9 Å². The summed E-state index contributed by atoms with van der Waals surface area (Å²) in [6, 6.07) is 18.7. The van der Waals surface area contributed by atoms with Gasteiger partial charge in [-0.2, -0.15) is 0 Å². The van der Waals surface area contributed by atoms with Crippen LogP contribution in [0, 0.1) is 0 Å². The molecular formula is C24H18BrClO5. The van der Waals surface area contributed by atoms with Crippen LogP contribution in [0.5, 0.6) is 11.5 Å². The summed E-state index contributed by atoms with van der Waals surface area (Å²) in [4.78, 5) is 13.3. The van der Waals surface area contributed by atoms with Gasteiger partial charge < -0.3 is 18.9 Å². The van der Waals surface area contributed by atoms with Gasteiger partial charge >= 0.3 is 0 Å². The third-order valence-electron chi connectivity index (χ3n) is 5.20. The van der Waals surface area contributed by atoms with Crippen molar-refractivity contribution in [1.29, 1.82) is 0 Å². The topological polar surface area (TPSA) is 57.3 Å². The van der Waals surface area contributed by atoms with Crippen LogP contribution in [0.25, 0.3) is 0 Å². The maximum atomic E-state index is 13.3. The van der Waals surface area contributed by atoms with Gasteiger partial charge in [0.2, 0.25) is 0 Å². The fourth-order valence-electron chi connectivity index (χ4n) is 3.68. The van der Waals surface area contributed by atoms with Crippen molar-refractivity contribution in [3.05, 3.63) is 92.4 Å². The third-order valence-corrected chi connectivity index (χ3v) is 5.90. The molecule has 0 unspecified atom stereocenters. The molecule has 31 heavy (non-hydrogen) atoms. The zero-order valence-electron chi connectivity index (χ0n) is 16.3. The van der Waals surface area contributed by atoms with Gasteiger partial charge in [-0.1, -0.05) is 57.9 Å². The largest absolute Gasteiger partial charge is 0.488 e. The third kappa shape index (κ3) is 4.34. The van der Waals surface area contributed by atoms with Crippen molar-refractivity contribution in [3.8, 4) is 11.5 Å². The van der Waals surface area contributed by atoms with Gasteiger partial charge in [-0.05, 0) is 35.9 Å². The molecular weight excluding hydrogens is 484 g/mol. The van der Waals surface area contributed by atoms with Crippen molar-refractivity contribution >= 4 is 33.3 Å². The molecule has 0 N–H and O–H groups in total. The van der Waals surface area contributed by atoms with E-state index in [1.807, 2.05) is 42.5 Å². The number of carbonyl (C=O) groups is 1. The second-order valence-corrected chi connectivity index (χ2v) is 8.70. The van der Waals surface area contributed by atoms with Gasteiger partial charge in [0.05, 0.1) is 12.2 Å². The van der Waals surface area contributed by atoms with E-state index < -0.39 is 12.2 Å². The Kier molecular flexibility index (Phi) is 5.71. The van der Waals surface area contributed by atoms with E-state index in [1.165, 1.54) is 0 Å². The number of ketones is 1. The van der Waals surface area contributed by atoms with E-state index in [9.17, 15) is 4.79 Å². The normalized spacial score (nSPS) is 19.3. The van der Waals surface area contributed by atoms with Crippen LogP contribution >= 0.6 is 27.5 Å². The Morgan fingerprint density at radius 2 is 1.97 bits per heavy atom. The van der Waals surface area contributed by atoms with Gasteiger partial charge in [-0.3, -0.25) is 4.79 Å². The number of ether oxygens (including phenoxy) is 4. The first-order chi connectivity index (χ1) is 15.1. The van der Waals surface area contributed by atoms with Gasteiger partial charge in [-0.25, -0.2) is 0 Å². The van der Waals surface area contributed by atoms with E-state index in [1.54, 1.807) is 18.2 Å². The zero-order chi connectivity index (χ0) is 21.4. The van der Waals surface area contributed by atoms with Crippen molar-refractivity contribution in [2.45, 2.75) is 25.4 Å². The van der Waals surface area contributed by atoms with Gasteiger partial charge in [0.15, 0.2) is 18.7 Å². The van der Waals surface area contributed by atoms with Gasteiger partial charge in [0.25, 0.3) is 0 Å². The molecule has 0 aliphatic carbocycles. The molecule has 3 aromatic rings. The average Bonchev–Trinajstić information content (AvgIpc) is 3.58. The lowest BCUT2D eigenvalue weighted by molar-refractivity contribution is -0.0173. The van der Waals surface area contributed by atoms with Crippen LogP contribution in [0.3, 0.4) is 0 Å². The summed E-state index contributed by atoms with van der Waals surface area (Å²) in [5.41, 5.74) is 3.17. The molecule has 3 aromatic carbocycles. The predicted octanol–water partition coefficient (Wildman–Crippen LogP) is 5.87. The monoisotopic (exact) mass is 500 g/mol. The summed E-state index contributed by atoms with van der Waals surface area (Å²) in [6.45, 7) is 0.988. The molecule has 1 fully saturated rings.